The van der Waals surface area contributed by atoms with E-state index in [1.807, 2.05) is 11.0 Å². The monoisotopic (exact) mass is 323 g/mol. The first-order valence-electron chi connectivity index (χ1n) is 6.36. The fourth-order valence-electron chi connectivity index (χ4n) is 2.74. The summed E-state index contributed by atoms with van der Waals surface area (Å²) in [7, 11) is 0. The van der Waals surface area contributed by atoms with E-state index in [0.717, 1.165) is 6.42 Å². The summed E-state index contributed by atoms with van der Waals surface area (Å²) < 4.78 is 0.713. The predicted molar refractivity (Wildman–Crippen MR) is 72.6 cm³/mol. The van der Waals surface area contributed by atoms with Crippen LogP contribution in [0.15, 0.2) is 22.8 Å². The van der Waals surface area contributed by atoms with Crippen LogP contribution in [0, 0.1) is 0 Å². The minimum absolute atomic E-state index is 0.0635. The van der Waals surface area contributed by atoms with Gasteiger partial charge in [-0.15, -0.1) is 0 Å². The van der Waals surface area contributed by atoms with Crippen LogP contribution in [0.25, 0.3) is 0 Å². The Morgan fingerprint density at radius 2 is 2.26 bits per heavy atom. The molecule has 1 unspecified atom stereocenters. The summed E-state index contributed by atoms with van der Waals surface area (Å²) in [6.07, 6.45) is 3.08. The number of nitrogens with zero attached hydrogens (tertiary/aromatic N) is 3. The largest absolute Gasteiger partial charge is 0.336 e. The van der Waals surface area contributed by atoms with Gasteiger partial charge in [0.1, 0.15) is 5.69 Å². The number of amides is 2. The number of fused-ring (bicyclic) bond motifs is 1. The van der Waals surface area contributed by atoms with Crippen LogP contribution >= 0.6 is 15.9 Å². The van der Waals surface area contributed by atoms with Crippen molar-refractivity contribution in [2.24, 2.45) is 0 Å². The molecule has 6 heteroatoms. The van der Waals surface area contributed by atoms with Crippen molar-refractivity contribution in [3.8, 4) is 0 Å². The normalized spacial score (nSPS) is 22.6. The average Bonchev–Trinajstić information content (AvgIpc) is 2.80. The molecule has 2 saturated heterocycles. The lowest BCUT2D eigenvalue weighted by Gasteiger charge is -2.37. The van der Waals surface area contributed by atoms with E-state index in [1.165, 1.54) is 0 Å². The van der Waals surface area contributed by atoms with E-state index in [0.29, 0.717) is 36.2 Å². The van der Waals surface area contributed by atoms with Gasteiger partial charge in [0, 0.05) is 42.8 Å². The topological polar surface area (TPSA) is 53.5 Å². The minimum Gasteiger partial charge on any atom is -0.336 e. The van der Waals surface area contributed by atoms with E-state index in [-0.39, 0.29) is 17.9 Å². The van der Waals surface area contributed by atoms with Crippen molar-refractivity contribution in [1.82, 2.24) is 14.8 Å². The molecule has 2 aliphatic rings. The Bertz CT molecular complexity index is 534. The van der Waals surface area contributed by atoms with Crippen molar-refractivity contribution in [3.63, 3.8) is 0 Å². The zero-order valence-electron chi connectivity index (χ0n) is 10.4. The van der Waals surface area contributed by atoms with Crippen LogP contribution in [0.1, 0.15) is 23.3 Å². The molecule has 0 aliphatic carbocycles. The van der Waals surface area contributed by atoms with Crippen LogP contribution in [-0.4, -0.2) is 52.3 Å². The Morgan fingerprint density at radius 1 is 1.42 bits per heavy atom. The quantitative estimate of drug-likeness (QED) is 0.782. The van der Waals surface area contributed by atoms with Gasteiger partial charge < -0.3 is 9.80 Å². The predicted octanol–water partition coefficient (Wildman–Crippen LogP) is 1.29. The second-order valence-electron chi connectivity index (χ2n) is 4.86. The molecule has 100 valence electrons. The maximum atomic E-state index is 12.4. The first-order valence-corrected chi connectivity index (χ1v) is 7.15. The number of hydrogen-bond acceptors (Lipinski definition) is 3. The second-order valence-corrected chi connectivity index (χ2v) is 5.72. The molecule has 2 amide bonds. The SMILES string of the molecule is O=C(c1ncccc1Br)N1CCN2C(=O)CCC2C1. The van der Waals surface area contributed by atoms with Crippen molar-refractivity contribution < 1.29 is 9.59 Å². The fourth-order valence-corrected chi connectivity index (χ4v) is 3.17. The molecule has 0 aromatic carbocycles. The number of rotatable bonds is 1. The Morgan fingerprint density at radius 3 is 3.05 bits per heavy atom. The summed E-state index contributed by atoms with van der Waals surface area (Å²) in [5.41, 5.74) is 0.445. The Hall–Kier alpha value is -1.43. The van der Waals surface area contributed by atoms with E-state index >= 15 is 0 Å². The molecule has 5 nitrogen and oxygen atoms in total. The Labute approximate surface area is 119 Å². The number of carbonyl (C=O) groups is 2. The van der Waals surface area contributed by atoms with Gasteiger partial charge in [0.05, 0.1) is 0 Å². The highest BCUT2D eigenvalue weighted by atomic mass is 79.9. The van der Waals surface area contributed by atoms with Crippen molar-refractivity contribution in [1.29, 1.82) is 0 Å². The van der Waals surface area contributed by atoms with Gasteiger partial charge in [0.2, 0.25) is 5.91 Å². The number of pyridine rings is 1. The number of hydrogen-bond donors (Lipinski definition) is 0. The minimum atomic E-state index is -0.0635. The van der Waals surface area contributed by atoms with Gasteiger partial charge in [-0.05, 0) is 34.5 Å². The molecular weight excluding hydrogens is 310 g/mol. The lowest BCUT2D eigenvalue weighted by molar-refractivity contribution is -0.130. The van der Waals surface area contributed by atoms with E-state index < -0.39 is 0 Å². The van der Waals surface area contributed by atoms with Crippen molar-refractivity contribution >= 4 is 27.7 Å². The van der Waals surface area contributed by atoms with Gasteiger partial charge in [-0.1, -0.05) is 0 Å². The molecule has 0 N–H and O–H groups in total. The molecule has 1 aromatic rings. The average molecular weight is 324 g/mol. The summed E-state index contributed by atoms with van der Waals surface area (Å²) in [5, 5.41) is 0. The van der Waals surface area contributed by atoms with Crippen molar-refractivity contribution in [2.75, 3.05) is 19.6 Å². The summed E-state index contributed by atoms with van der Waals surface area (Å²) in [6, 6.07) is 3.79. The summed E-state index contributed by atoms with van der Waals surface area (Å²) >= 11 is 3.35. The van der Waals surface area contributed by atoms with Gasteiger partial charge in [-0.2, -0.15) is 0 Å². The standard InChI is InChI=1S/C13H14BrN3O2/c14-10-2-1-5-15-12(10)13(19)16-6-7-17-9(8-16)3-4-11(17)18/h1-2,5,9H,3-4,6-8H2. The van der Waals surface area contributed by atoms with Crippen molar-refractivity contribution in [3.05, 3.63) is 28.5 Å². The maximum absolute atomic E-state index is 12.4. The zero-order valence-corrected chi connectivity index (χ0v) is 12.0. The first-order chi connectivity index (χ1) is 9.16. The molecule has 1 atom stereocenters. The number of aromatic nitrogens is 1. The third kappa shape index (κ3) is 2.25. The first kappa shape index (κ1) is 12.6. The van der Waals surface area contributed by atoms with Crippen LogP contribution in [0.5, 0.6) is 0 Å². The van der Waals surface area contributed by atoms with Crippen molar-refractivity contribution in [2.45, 2.75) is 18.9 Å². The molecular formula is C13H14BrN3O2. The molecule has 19 heavy (non-hydrogen) atoms. The third-order valence-corrected chi connectivity index (χ3v) is 4.38. The molecule has 3 heterocycles. The maximum Gasteiger partial charge on any atom is 0.273 e. The molecule has 0 radical (unpaired) electrons. The summed E-state index contributed by atoms with van der Waals surface area (Å²) in [6.45, 7) is 1.84. The molecule has 0 saturated carbocycles. The number of halogens is 1. The molecule has 0 bridgehead atoms. The van der Waals surface area contributed by atoms with Gasteiger partial charge in [0.25, 0.3) is 5.91 Å². The lowest BCUT2D eigenvalue weighted by atomic mass is 10.1. The Kier molecular flexibility index (Phi) is 3.26. The van der Waals surface area contributed by atoms with Gasteiger partial charge >= 0.3 is 0 Å². The van der Waals surface area contributed by atoms with E-state index in [1.54, 1.807) is 17.2 Å². The van der Waals surface area contributed by atoms with E-state index in [9.17, 15) is 9.59 Å². The molecule has 1 aromatic heterocycles. The van der Waals surface area contributed by atoms with Crippen LogP contribution in [0.3, 0.4) is 0 Å². The highest BCUT2D eigenvalue weighted by Crippen LogP contribution is 2.24. The van der Waals surface area contributed by atoms with Gasteiger partial charge in [-0.25, -0.2) is 4.98 Å². The molecule has 3 rings (SSSR count). The zero-order chi connectivity index (χ0) is 13.4. The smallest absolute Gasteiger partial charge is 0.273 e. The molecule has 0 spiro atoms. The summed E-state index contributed by atoms with van der Waals surface area (Å²) in [5.74, 6) is 0.155. The van der Waals surface area contributed by atoms with E-state index in [4.69, 9.17) is 0 Å². The highest BCUT2D eigenvalue weighted by molar-refractivity contribution is 9.10. The fraction of sp³-hybridized carbons (Fsp3) is 0.462. The van der Waals surface area contributed by atoms with Crippen LogP contribution in [0.4, 0.5) is 0 Å². The van der Waals surface area contributed by atoms with E-state index in [2.05, 4.69) is 20.9 Å². The van der Waals surface area contributed by atoms with Crippen LogP contribution < -0.4 is 0 Å². The Balaban J connectivity index is 1.76. The van der Waals surface area contributed by atoms with Crippen LogP contribution in [-0.2, 0) is 4.79 Å². The number of carbonyl (C=O) groups excluding carboxylic acids is 2. The second kappa shape index (κ2) is 4.92. The number of piperazine rings is 1. The van der Waals surface area contributed by atoms with Gasteiger partial charge in [-0.3, -0.25) is 9.59 Å². The molecule has 2 aliphatic heterocycles. The summed E-state index contributed by atoms with van der Waals surface area (Å²) in [4.78, 5) is 31.9. The highest BCUT2D eigenvalue weighted by Gasteiger charge is 2.37. The molecule has 2 fully saturated rings. The third-order valence-electron chi connectivity index (χ3n) is 3.74. The van der Waals surface area contributed by atoms with Crippen LogP contribution in [0.2, 0.25) is 0 Å². The van der Waals surface area contributed by atoms with Gasteiger partial charge in [0.15, 0.2) is 0 Å². The lowest BCUT2D eigenvalue weighted by Crippen LogP contribution is -2.53.